The van der Waals surface area contributed by atoms with Crippen LogP contribution in [0.1, 0.15) is 45.7 Å². The molecule has 2 aromatic carbocycles. The van der Waals surface area contributed by atoms with Crippen molar-refractivity contribution in [1.29, 1.82) is 0 Å². The van der Waals surface area contributed by atoms with Gasteiger partial charge in [0, 0.05) is 5.69 Å². The third-order valence-corrected chi connectivity index (χ3v) is 5.87. The van der Waals surface area contributed by atoms with Gasteiger partial charge in [-0.3, -0.25) is 9.52 Å². The summed E-state index contributed by atoms with van der Waals surface area (Å²) < 4.78 is 27.8. The molecule has 0 radical (unpaired) electrons. The minimum atomic E-state index is -3.70. The van der Waals surface area contributed by atoms with Gasteiger partial charge in [0.05, 0.1) is 23.5 Å². The van der Waals surface area contributed by atoms with Crippen LogP contribution in [0.15, 0.2) is 53.4 Å². The van der Waals surface area contributed by atoms with Crippen LogP contribution in [0, 0.1) is 0 Å². The zero-order valence-corrected chi connectivity index (χ0v) is 18.4. The summed E-state index contributed by atoms with van der Waals surface area (Å²) in [6.07, 6.45) is 0.144. The van der Waals surface area contributed by atoms with E-state index < -0.39 is 15.6 Å². The van der Waals surface area contributed by atoms with Gasteiger partial charge in [0.25, 0.3) is 10.0 Å². The summed E-state index contributed by atoms with van der Waals surface area (Å²) >= 11 is 0. The van der Waals surface area contributed by atoms with Crippen LogP contribution >= 0.6 is 0 Å². The lowest BCUT2D eigenvalue weighted by molar-refractivity contribution is -0.122. The molecular formula is C22H30N2O4S. The molecule has 0 spiro atoms. The Morgan fingerprint density at radius 3 is 1.97 bits per heavy atom. The topological polar surface area (TPSA) is 95.5 Å². The SMILES string of the molecule is CC(C)(CO)NC(=O)Cc1ccc(NS(=O)(=O)c2ccc(C(C)(C)C)cc2)cc1. The van der Waals surface area contributed by atoms with Gasteiger partial charge in [-0.25, -0.2) is 8.42 Å². The van der Waals surface area contributed by atoms with E-state index in [9.17, 15) is 18.3 Å². The fraction of sp³-hybridized carbons (Fsp3) is 0.409. The van der Waals surface area contributed by atoms with E-state index in [0.29, 0.717) is 5.69 Å². The summed E-state index contributed by atoms with van der Waals surface area (Å²) in [5.74, 6) is -0.212. The largest absolute Gasteiger partial charge is 0.394 e. The van der Waals surface area contributed by atoms with Gasteiger partial charge in [0.15, 0.2) is 0 Å². The number of amides is 1. The minimum Gasteiger partial charge on any atom is -0.394 e. The molecule has 0 unspecified atom stereocenters. The molecule has 2 rings (SSSR count). The zero-order valence-electron chi connectivity index (χ0n) is 17.6. The number of hydrogen-bond acceptors (Lipinski definition) is 4. The van der Waals surface area contributed by atoms with E-state index in [2.05, 4.69) is 30.8 Å². The predicted molar refractivity (Wildman–Crippen MR) is 115 cm³/mol. The van der Waals surface area contributed by atoms with Crippen LogP contribution in [-0.4, -0.2) is 31.6 Å². The van der Waals surface area contributed by atoms with Crippen molar-refractivity contribution in [2.45, 2.75) is 56.9 Å². The maximum atomic E-state index is 12.6. The molecule has 7 heteroatoms. The van der Waals surface area contributed by atoms with Crippen LogP contribution < -0.4 is 10.0 Å². The van der Waals surface area contributed by atoms with E-state index in [1.807, 2.05) is 12.1 Å². The Hall–Kier alpha value is -2.38. The molecule has 29 heavy (non-hydrogen) atoms. The Morgan fingerprint density at radius 2 is 1.48 bits per heavy atom. The Kier molecular flexibility index (Phi) is 6.75. The van der Waals surface area contributed by atoms with Gasteiger partial charge < -0.3 is 10.4 Å². The van der Waals surface area contributed by atoms with E-state index in [-0.39, 0.29) is 29.2 Å². The molecule has 0 atom stereocenters. The van der Waals surface area contributed by atoms with Crippen LogP contribution in [0.25, 0.3) is 0 Å². The molecule has 0 heterocycles. The highest BCUT2D eigenvalue weighted by Gasteiger charge is 2.20. The van der Waals surface area contributed by atoms with Crippen molar-refractivity contribution >= 4 is 21.6 Å². The van der Waals surface area contributed by atoms with Crippen LogP contribution in [0.5, 0.6) is 0 Å². The number of aliphatic hydroxyl groups excluding tert-OH is 1. The predicted octanol–water partition coefficient (Wildman–Crippen LogP) is 3.21. The third-order valence-electron chi connectivity index (χ3n) is 4.47. The number of nitrogens with one attached hydrogen (secondary N) is 2. The van der Waals surface area contributed by atoms with Crippen molar-refractivity contribution in [3.8, 4) is 0 Å². The number of benzene rings is 2. The Labute approximate surface area is 173 Å². The number of anilines is 1. The van der Waals surface area contributed by atoms with Crippen LogP contribution in [-0.2, 0) is 26.7 Å². The van der Waals surface area contributed by atoms with Crippen LogP contribution in [0.4, 0.5) is 5.69 Å². The molecule has 0 saturated heterocycles. The molecule has 0 aliphatic heterocycles. The fourth-order valence-electron chi connectivity index (χ4n) is 2.69. The van der Waals surface area contributed by atoms with E-state index >= 15 is 0 Å². The highest BCUT2D eigenvalue weighted by molar-refractivity contribution is 7.92. The highest BCUT2D eigenvalue weighted by Crippen LogP contribution is 2.24. The first kappa shape index (κ1) is 22.9. The van der Waals surface area contributed by atoms with Crippen molar-refractivity contribution in [2.75, 3.05) is 11.3 Å². The second-order valence-electron chi connectivity index (χ2n) is 8.84. The van der Waals surface area contributed by atoms with E-state index in [4.69, 9.17) is 0 Å². The lowest BCUT2D eigenvalue weighted by Crippen LogP contribution is -2.46. The number of carbonyl (C=O) groups is 1. The standard InChI is InChI=1S/C22H30N2O4S/c1-21(2,3)17-8-12-19(13-9-17)29(27,28)24-18-10-6-16(7-11-18)14-20(26)23-22(4,5)15-25/h6-13,24-25H,14-15H2,1-5H3,(H,23,26). The van der Waals surface area contributed by atoms with Crippen LogP contribution in [0.2, 0.25) is 0 Å². The molecule has 0 aliphatic carbocycles. The van der Waals surface area contributed by atoms with Gasteiger partial charge in [-0.1, -0.05) is 45.0 Å². The molecule has 0 saturated carbocycles. The fourth-order valence-corrected chi connectivity index (χ4v) is 3.74. The maximum absolute atomic E-state index is 12.6. The molecule has 0 aliphatic rings. The Balaban J connectivity index is 2.06. The summed E-state index contributed by atoms with van der Waals surface area (Å²) in [6.45, 7) is 9.52. The van der Waals surface area contributed by atoms with Gasteiger partial charge in [-0.05, 0) is 54.7 Å². The molecule has 3 N–H and O–H groups in total. The summed E-state index contributed by atoms with van der Waals surface area (Å²) in [6, 6.07) is 13.5. The summed E-state index contributed by atoms with van der Waals surface area (Å²) in [5.41, 5.74) is 1.49. The maximum Gasteiger partial charge on any atom is 0.261 e. The van der Waals surface area contributed by atoms with E-state index in [1.165, 1.54) is 0 Å². The van der Waals surface area contributed by atoms with Gasteiger partial charge in [-0.2, -0.15) is 0 Å². The molecule has 6 nitrogen and oxygen atoms in total. The monoisotopic (exact) mass is 418 g/mol. The Bertz CT molecular complexity index is 942. The molecule has 0 aromatic heterocycles. The average Bonchev–Trinajstić information content (AvgIpc) is 2.62. The van der Waals surface area contributed by atoms with Crippen molar-refractivity contribution in [3.05, 3.63) is 59.7 Å². The normalized spacial score (nSPS) is 12.5. The van der Waals surface area contributed by atoms with Crippen molar-refractivity contribution in [2.24, 2.45) is 0 Å². The van der Waals surface area contributed by atoms with Gasteiger partial charge in [0.2, 0.25) is 5.91 Å². The second kappa shape index (κ2) is 8.55. The first-order valence-corrected chi connectivity index (χ1v) is 10.9. The second-order valence-corrected chi connectivity index (χ2v) is 10.5. The van der Waals surface area contributed by atoms with E-state index in [1.54, 1.807) is 50.2 Å². The number of sulfonamides is 1. The van der Waals surface area contributed by atoms with E-state index in [0.717, 1.165) is 11.1 Å². The molecule has 158 valence electrons. The van der Waals surface area contributed by atoms with Gasteiger partial charge >= 0.3 is 0 Å². The molecule has 0 fully saturated rings. The zero-order chi connectivity index (χ0) is 21.9. The summed E-state index contributed by atoms with van der Waals surface area (Å²) in [5, 5.41) is 12.0. The van der Waals surface area contributed by atoms with Crippen LogP contribution in [0.3, 0.4) is 0 Å². The first-order chi connectivity index (χ1) is 13.3. The van der Waals surface area contributed by atoms with Crippen molar-refractivity contribution in [1.82, 2.24) is 5.32 Å². The van der Waals surface area contributed by atoms with Gasteiger partial charge in [0.1, 0.15) is 0 Å². The third kappa shape index (κ3) is 6.58. The molecular weight excluding hydrogens is 388 g/mol. The lowest BCUT2D eigenvalue weighted by Gasteiger charge is -2.23. The first-order valence-electron chi connectivity index (χ1n) is 9.47. The summed E-state index contributed by atoms with van der Waals surface area (Å²) in [4.78, 5) is 12.2. The van der Waals surface area contributed by atoms with Gasteiger partial charge in [-0.15, -0.1) is 0 Å². The minimum absolute atomic E-state index is 0.0514. The molecule has 1 amide bonds. The van der Waals surface area contributed by atoms with Crippen molar-refractivity contribution in [3.63, 3.8) is 0 Å². The Morgan fingerprint density at radius 1 is 0.931 bits per heavy atom. The molecule has 0 bridgehead atoms. The molecule has 2 aromatic rings. The number of aliphatic hydroxyl groups is 1. The summed E-state index contributed by atoms with van der Waals surface area (Å²) in [7, 11) is -3.70. The van der Waals surface area contributed by atoms with Crippen molar-refractivity contribution < 1.29 is 18.3 Å². The quantitative estimate of drug-likeness (QED) is 0.643. The lowest BCUT2D eigenvalue weighted by atomic mass is 9.87. The highest BCUT2D eigenvalue weighted by atomic mass is 32.2. The average molecular weight is 419 g/mol. The number of rotatable bonds is 7. The number of carbonyl (C=O) groups excluding carboxylic acids is 1. The smallest absolute Gasteiger partial charge is 0.261 e. The number of hydrogen-bond donors (Lipinski definition) is 3.